The zero-order valence-corrected chi connectivity index (χ0v) is 19.6. The summed E-state index contributed by atoms with van der Waals surface area (Å²) in [6.07, 6.45) is 0.675. The SMILES string of the molecule is COc1cccc(C2C(C(=O)c3ccccc3)C(=O)C(=O)N2CCCN2CCOCC2)c1OC. The van der Waals surface area contributed by atoms with Gasteiger partial charge in [0.1, 0.15) is 5.92 Å². The summed E-state index contributed by atoms with van der Waals surface area (Å²) in [5.74, 6) is -1.95. The average Bonchev–Trinajstić information content (AvgIpc) is 3.13. The summed E-state index contributed by atoms with van der Waals surface area (Å²) in [4.78, 5) is 43.7. The van der Waals surface area contributed by atoms with Gasteiger partial charge in [-0.05, 0) is 12.5 Å². The van der Waals surface area contributed by atoms with Crippen molar-refractivity contribution in [2.45, 2.75) is 12.5 Å². The van der Waals surface area contributed by atoms with Gasteiger partial charge in [-0.25, -0.2) is 0 Å². The van der Waals surface area contributed by atoms with E-state index in [-0.39, 0.29) is 5.78 Å². The van der Waals surface area contributed by atoms with Crippen LogP contribution in [0, 0.1) is 5.92 Å². The van der Waals surface area contributed by atoms with Gasteiger partial charge in [0.05, 0.1) is 33.5 Å². The number of hydrogen-bond donors (Lipinski definition) is 0. The fraction of sp³-hybridized carbons (Fsp3) is 0.423. The van der Waals surface area contributed by atoms with Crippen LogP contribution in [0.4, 0.5) is 0 Å². The number of carbonyl (C=O) groups is 3. The van der Waals surface area contributed by atoms with Gasteiger partial charge in [0.25, 0.3) is 5.91 Å². The van der Waals surface area contributed by atoms with Gasteiger partial charge >= 0.3 is 0 Å². The molecule has 2 aromatic rings. The summed E-state index contributed by atoms with van der Waals surface area (Å²) in [6.45, 7) is 4.20. The van der Waals surface area contributed by atoms with E-state index in [0.29, 0.717) is 48.8 Å². The second-order valence-corrected chi connectivity index (χ2v) is 8.41. The lowest BCUT2D eigenvalue weighted by Gasteiger charge is -2.30. The van der Waals surface area contributed by atoms with Crippen molar-refractivity contribution in [3.63, 3.8) is 0 Å². The van der Waals surface area contributed by atoms with E-state index >= 15 is 0 Å². The van der Waals surface area contributed by atoms with Crippen molar-refractivity contribution >= 4 is 17.5 Å². The molecule has 0 aromatic heterocycles. The molecule has 8 heteroatoms. The first-order valence-corrected chi connectivity index (χ1v) is 11.5. The number of carbonyl (C=O) groups excluding carboxylic acids is 3. The first-order chi connectivity index (χ1) is 16.6. The van der Waals surface area contributed by atoms with Crippen LogP contribution >= 0.6 is 0 Å². The lowest BCUT2D eigenvalue weighted by Crippen LogP contribution is -2.39. The molecular weight excluding hydrogens is 436 g/mol. The predicted molar refractivity (Wildman–Crippen MR) is 125 cm³/mol. The second kappa shape index (κ2) is 10.8. The summed E-state index contributed by atoms with van der Waals surface area (Å²) >= 11 is 0. The number of rotatable bonds is 9. The van der Waals surface area contributed by atoms with Crippen LogP contribution in [-0.4, -0.2) is 80.9 Å². The van der Waals surface area contributed by atoms with Crippen LogP contribution in [0.3, 0.4) is 0 Å². The van der Waals surface area contributed by atoms with Crippen LogP contribution < -0.4 is 9.47 Å². The summed E-state index contributed by atoms with van der Waals surface area (Å²) in [6, 6.07) is 13.2. The Labute approximate surface area is 199 Å². The van der Waals surface area contributed by atoms with E-state index in [0.717, 1.165) is 19.6 Å². The summed E-state index contributed by atoms with van der Waals surface area (Å²) in [5.41, 5.74) is 0.984. The van der Waals surface area contributed by atoms with E-state index in [2.05, 4.69) is 4.90 Å². The highest BCUT2D eigenvalue weighted by Crippen LogP contribution is 2.44. The Balaban J connectivity index is 1.69. The Bertz CT molecular complexity index is 1030. The number of amides is 1. The number of likely N-dealkylation sites (tertiary alicyclic amines) is 1. The molecule has 4 rings (SSSR count). The maximum Gasteiger partial charge on any atom is 0.291 e. The van der Waals surface area contributed by atoms with Crippen LogP contribution in [0.15, 0.2) is 48.5 Å². The minimum atomic E-state index is -1.15. The molecule has 2 aliphatic heterocycles. The Morgan fingerprint density at radius 3 is 2.38 bits per heavy atom. The second-order valence-electron chi connectivity index (χ2n) is 8.41. The van der Waals surface area contributed by atoms with Gasteiger partial charge in [0.15, 0.2) is 17.3 Å². The van der Waals surface area contributed by atoms with E-state index in [1.165, 1.54) is 19.1 Å². The van der Waals surface area contributed by atoms with Gasteiger partial charge in [-0.15, -0.1) is 0 Å². The number of ketones is 2. The third-order valence-electron chi connectivity index (χ3n) is 6.48. The van der Waals surface area contributed by atoms with E-state index in [1.54, 1.807) is 48.5 Å². The van der Waals surface area contributed by atoms with Gasteiger partial charge in [0, 0.05) is 37.3 Å². The Kier molecular flexibility index (Phi) is 7.59. The Hall–Kier alpha value is -3.23. The van der Waals surface area contributed by atoms with Crippen molar-refractivity contribution in [1.82, 2.24) is 9.80 Å². The van der Waals surface area contributed by atoms with Crippen LogP contribution in [0.1, 0.15) is 28.4 Å². The number of benzene rings is 2. The minimum Gasteiger partial charge on any atom is -0.493 e. The summed E-state index contributed by atoms with van der Waals surface area (Å²) in [7, 11) is 3.04. The summed E-state index contributed by atoms with van der Waals surface area (Å²) < 4.78 is 16.5. The van der Waals surface area contributed by atoms with Crippen molar-refractivity contribution < 1.29 is 28.6 Å². The first-order valence-electron chi connectivity index (χ1n) is 11.5. The molecule has 2 heterocycles. The van der Waals surface area contributed by atoms with Crippen LogP contribution in [0.25, 0.3) is 0 Å². The fourth-order valence-electron chi connectivity index (χ4n) is 4.79. The predicted octanol–water partition coefficient (Wildman–Crippen LogP) is 2.38. The highest BCUT2D eigenvalue weighted by atomic mass is 16.5. The quantitative estimate of drug-likeness (QED) is 0.319. The van der Waals surface area contributed by atoms with Gasteiger partial charge in [0.2, 0.25) is 5.78 Å². The van der Waals surface area contributed by atoms with Gasteiger partial charge in [-0.2, -0.15) is 0 Å². The van der Waals surface area contributed by atoms with Crippen molar-refractivity contribution in [3.8, 4) is 11.5 Å². The molecular formula is C26H30N2O6. The molecule has 2 saturated heterocycles. The molecule has 2 atom stereocenters. The van der Waals surface area contributed by atoms with Gasteiger partial charge < -0.3 is 19.1 Å². The third kappa shape index (κ3) is 4.69. The van der Waals surface area contributed by atoms with E-state index in [9.17, 15) is 14.4 Å². The van der Waals surface area contributed by atoms with Crippen molar-refractivity contribution in [2.75, 3.05) is 53.6 Å². The van der Waals surface area contributed by atoms with Crippen LogP contribution in [-0.2, 0) is 14.3 Å². The molecule has 0 bridgehead atoms. The lowest BCUT2D eigenvalue weighted by molar-refractivity contribution is -0.140. The Morgan fingerprint density at radius 2 is 1.71 bits per heavy atom. The summed E-state index contributed by atoms with van der Waals surface area (Å²) in [5, 5.41) is 0. The van der Waals surface area contributed by atoms with Gasteiger partial charge in [-0.1, -0.05) is 42.5 Å². The van der Waals surface area contributed by atoms with E-state index in [1.807, 2.05) is 0 Å². The average molecular weight is 467 g/mol. The lowest BCUT2D eigenvalue weighted by atomic mass is 9.86. The molecule has 0 spiro atoms. The van der Waals surface area contributed by atoms with Crippen LogP contribution in [0.2, 0.25) is 0 Å². The number of Topliss-reactive ketones (excluding diaryl/α,β-unsaturated/α-hetero) is 2. The van der Waals surface area contributed by atoms with E-state index < -0.39 is 23.7 Å². The fourth-order valence-corrected chi connectivity index (χ4v) is 4.79. The highest BCUT2D eigenvalue weighted by molar-refractivity contribution is 6.44. The molecule has 2 aliphatic rings. The zero-order chi connectivity index (χ0) is 24.1. The maximum atomic E-state index is 13.5. The van der Waals surface area contributed by atoms with Crippen LogP contribution in [0.5, 0.6) is 11.5 Å². The minimum absolute atomic E-state index is 0.353. The molecule has 0 radical (unpaired) electrons. The monoisotopic (exact) mass is 466 g/mol. The number of ether oxygens (including phenoxy) is 3. The maximum absolute atomic E-state index is 13.5. The zero-order valence-electron chi connectivity index (χ0n) is 19.6. The molecule has 0 saturated carbocycles. The molecule has 2 unspecified atom stereocenters. The number of morpholine rings is 1. The first kappa shape index (κ1) is 23.9. The topological polar surface area (TPSA) is 85.4 Å². The number of para-hydroxylation sites is 1. The van der Waals surface area contributed by atoms with E-state index in [4.69, 9.17) is 14.2 Å². The molecule has 180 valence electrons. The highest BCUT2D eigenvalue weighted by Gasteiger charge is 2.52. The molecule has 0 N–H and O–H groups in total. The number of nitrogens with zero attached hydrogens (tertiary/aromatic N) is 2. The molecule has 1 amide bonds. The third-order valence-corrected chi connectivity index (χ3v) is 6.48. The molecule has 34 heavy (non-hydrogen) atoms. The molecule has 8 nitrogen and oxygen atoms in total. The molecule has 2 fully saturated rings. The standard InChI is InChI=1S/C26H30N2O6/c1-32-20-11-6-10-19(25(20)33-2)22-21(23(29)18-8-4-3-5-9-18)24(30)26(31)28(22)13-7-12-27-14-16-34-17-15-27/h3-6,8-11,21-22H,7,12-17H2,1-2H3. The van der Waals surface area contributed by atoms with Gasteiger partial charge in [-0.3, -0.25) is 19.3 Å². The largest absolute Gasteiger partial charge is 0.493 e. The Morgan fingerprint density at radius 1 is 0.971 bits per heavy atom. The molecule has 0 aliphatic carbocycles. The smallest absolute Gasteiger partial charge is 0.291 e. The van der Waals surface area contributed by atoms with Crippen molar-refractivity contribution in [1.29, 1.82) is 0 Å². The van der Waals surface area contributed by atoms with Crippen molar-refractivity contribution in [2.24, 2.45) is 5.92 Å². The number of methoxy groups -OCH3 is 2. The number of hydrogen-bond acceptors (Lipinski definition) is 7. The molecule has 2 aromatic carbocycles. The van der Waals surface area contributed by atoms with Crippen molar-refractivity contribution in [3.05, 3.63) is 59.7 Å². The normalized spacial score (nSPS) is 21.1.